The first kappa shape index (κ1) is 19.7. The van der Waals surface area contributed by atoms with E-state index in [1.54, 1.807) is 0 Å². The van der Waals surface area contributed by atoms with Gasteiger partial charge in [-0.2, -0.15) is 5.10 Å². The molecule has 0 spiro atoms. The first-order valence-electron chi connectivity index (χ1n) is 10.8. The van der Waals surface area contributed by atoms with Crippen LogP contribution in [0.2, 0.25) is 0 Å². The van der Waals surface area contributed by atoms with Crippen molar-refractivity contribution >= 4 is 16.8 Å². The first-order valence-corrected chi connectivity index (χ1v) is 10.8. The number of rotatable bonds is 4. The fourth-order valence-corrected chi connectivity index (χ4v) is 4.35. The molecule has 0 bridgehead atoms. The number of hydrogen-bond donors (Lipinski definition) is 2. The van der Waals surface area contributed by atoms with Crippen molar-refractivity contribution in [2.75, 3.05) is 13.1 Å². The number of carbonyl (C=O) groups is 1. The van der Waals surface area contributed by atoms with E-state index in [2.05, 4.69) is 48.9 Å². The lowest BCUT2D eigenvalue weighted by molar-refractivity contribution is 0.0724. The fraction of sp³-hybridized carbons (Fsp3) is 0.500. The Labute approximate surface area is 172 Å². The van der Waals surface area contributed by atoms with Crippen molar-refractivity contribution in [2.45, 2.75) is 59.8 Å². The molecule has 2 N–H and O–H groups in total. The van der Waals surface area contributed by atoms with E-state index in [0.717, 1.165) is 66.6 Å². The van der Waals surface area contributed by atoms with Gasteiger partial charge in [0.1, 0.15) is 5.69 Å². The molecule has 154 valence electrons. The SMILES string of the molecule is CCc1c(-c2cc3cc(C(=O)N4CCCCC4)ccc3[nH]2)n[nH]c1CC(C)(C)C. The minimum Gasteiger partial charge on any atom is -0.353 e. The molecule has 3 heterocycles. The van der Waals surface area contributed by atoms with E-state index in [1.807, 2.05) is 23.1 Å². The maximum Gasteiger partial charge on any atom is 0.253 e. The quantitative estimate of drug-likeness (QED) is 0.630. The summed E-state index contributed by atoms with van der Waals surface area (Å²) in [7, 11) is 0. The number of fused-ring (bicyclic) bond motifs is 1. The third kappa shape index (κ3) is 4.09. The van der Waals surface area contributed by atoms with Gasteiger partial charge < -0.3 is 9.88 Å². The van der Waals surface area contributed by atoms with Gasteiger partial charge in [-0.05, 0) is 61.8 Å². The number of piperidine rings is 1. The van der Waals surface area contributed by atoms with Crippen LogP contribution in [0, 0.1) is 5.41 Å². The van der Waals surface area contributed by atoms with Crippen LogP contribution in [0.15, 0.2) is 24.3 Å². The molecule has 1 amide bonds. The van der Waals surface area contributed by atoms with Crippen molar-refractivity contribution in [3.8, 4) is 11.4 Å². The van der Waals surface area contributed by atoms with Crippen LogP contribution in [0.4, 0.5) is 0 Å². The Morgan fingerprint density at radius 1 is 1.14 bits per heavy atom. The summed E-state index contributed by atoms with van der Waals surface area (Å²) in [6.07, 6.45) is 5.35. The summed E-state index contributed by atoms with van der Waals surface area (Å²) in [5, 5.41) is 8.96. The molecule has 1 fully saturated rings. The molecule has 4 rings (SSSR count). The summed E-state index contributed by atoms with van der Waals surface area (Å²) in [5.74, 6) is 0.149. The lowest BCUT2D eigenvalue weighted by Gasteiger charge is -2.26. The molecule has 3 aromatic rings. The number of carbonyl (C=O) groups excluding carboxylic acids is 1. The molecule has 1 aromatic carbocycles. The van der Waals surface area contributed by atoms with Crippen molar-refractivity contribution < 1.29 is 4.79 Å². The highest BCUT2D eigenvalue weighted by molar-refractivity contribution is 5.99. The number of H-pyrrole nitrogens is 2. The van der Waals surface area contributed by atoms with Crippen LogP contribution in [0.1, 0.15) is 68.6 Å². The molecular weight excluding hydrogens is 360 g/mol. The summed E-state index contributed by atoms with van der Waals surface area (Å²) in [6, 6.07) is 8.10. The second-order valence-electron chi connectivity index (χ2n) is 9.46. The molecule has 0 saturated carbocycles. The molecule has 0 aliphatic carbocycles. The van der Waals surface area contributed by atoms with E-state index < -0.39 is 0 Å². The third-order valence-electron chi connectivity index (χ3n) is 5.78. The van der Waals surface area contributed by atoms with Crippen molar-refractivity contribution in [1.82, 2.24) is 20.1 Å². The molecule has 0 radical (unpaired) electrons. The summed E-state index contributed by atoms with van der Waals surface area (Å²) in [5.41, 5.74) is 6.51. The van der Waals surface area contributed by atoms with E-state index in [9.17, 15) is 4.79 Å². The number of aromatic nitrogens is 3. The molecule has 0 unspecified atom stereocenters. The summed E-state index contributed by atoms with van der Waals surface area (Å²) >= 11 is 0. The molecule has 1 saturated heterocycles. The highest BCUT2D eigenvalue weighted by Gasteiger charge is 2.21. The second kappa shape index (κ2) is 7.69. The highest BCUT2D eigenvalue weighted by atomic mass is 16.2. The van der Waals surface area contributed by atoms with Gasteiger partial charge >= 0.3 is 0 Å². The minimum absolute atomic E-state index is 0.149. The predicted octanol–water partition coefficient (Wildman–Crippen LogP) is 5.34. The van der Waals surface area contributed by atoms with Gasteiger partial charge in [0.2, 0.25) is 0 Å². The van der Waals surface area contributed by atoms with Gasteiger partial charge in [0, 0.05) is 40.8 Å². The monoisotopic (exact) mass is 392 g/mol. The first-order chi connectivity index (χ1) is 13.9. The van der Waals surface area contributed by atoms with Crippen LogP contribution in [0.3, 0.4) is 0 Å². The maximum absolute atomic E-state index is 12.9. The Bertz CT molecular complexity index is 1020. The van der Waals surface area contributed by atoms with Gasteiger partial charge in [-0.1, -0.05) is 27.7 Å². The highest BCUT2D eigenvalue weighted by Crippen LogP contribution is 2.31. The van der Waals surface area contributed by atoms with E-state index >= 15 is 0 Å². The standard InChI is InChI=1S/C24H32N4O/c1-5-18-21(15-24(2,3)4)26-27-22(18)20-14-17-13-16(9-10-19(17)25-20)23(29)28-11-7-6-8-12-28/h9-10,13-14,25H,5-8,11-12,15H2,1-4H3,(H,26,27). The Balaban J connectivity index is 1.65. The molecular formula is C24H32N4O. The molecule has 2 aromatic heterocycles. The zero-order chi connectivity index (χ0) is 20.6. The van der Waals surface area contributed by atoms with Gasteiger partial charge in [-0.3, -0.25) is 9.89 Å². The molecule has 0 atom stereocenters. The van der Waals surface area contributed by atoms with Crippen molar-refractivity contribution in [2.24, 2.45) is 5.41 Å². The maximum atomic E-state index is 12.9. The van der Waals surface area contributed by atoms with Crippen LogP contribution >= 0.6 is 0 Å². The summed E-state index contributed by atoms with van der Waals surface area (Å²) in [6.45, 7) is 10.7. The third-order valence-corrected chi connectivity index (χ3v) is 5.78. The Morgan fingerprint density at radius 3 is 2.59 bits per heavy atom. The molecule has 1 aliphatic heterocycles. The Morgan fingerprint density at radius 2 is 1.90 bits per heavy atom. The number of hydrogen-bond acceptors (Lipinski definition) is 2. The smallest absolute Gasteiger partial charge is 0.253 e. The average molecular weight is 393 g/mol. The molecule has 5 nitrogen and oxygen atoms in total. The lowest BCUT2D eigenvalue weighted by Crippen LogP contribution is -2.35. The van der Waals surface area contributed by atoms with Gasteiger partial charge in [-0.25, -0.2) is 0 Å². The van der Waals surface area contributed by atoms with Crippen LogP contribution < -0.4 is 0 Å². The summed E-state index contributed by atoms with van der Waals surface area (Å²) < 4.78 is 0. The van der Waals surface area contributed by atoms with Crippen LogP contribution in [0.5, 0.6) is 0 Å². The number of amides is 1. The summed E-state index contributed by atoms with van der Waals surface area (Å²) in [4.78, 5) is 18.3. The fourth-order valence-electron chi connectivity index (χ4n) is 4.35. The van der Waals surface area contributed by atoms with Gasteiger partial charge in [0.25, 0.3) is 5.91 Å². The molecule has 1 aliphatic rings. The Kier molecular flexibility index (Phi) is 5.24. The number of benzene rings is 1. The predicted molar refractivity (Wildman–Crippen MR) is 118 cm³/mol. The topological polar surface area (TPSA) is 64.8 Å². The van der Waals surface area contributed by atoms with E-state index in [0.29, 0.717) is 0 Å². The van der Waals surface area contributed by atoms with Crippen molar-refractivity contribution in [3.05, 3.63) is 41.1 Å². The van der Waals surface area contributed by atoms with Crippen molar-refractivity contribution in [1.29, 1.82) is 0 Å². The molecule has 29 heavy (non-hydrogen) atoms. The van der Waals surface area contributed by atoms with E-state index in [-0.39, 0.29) is 11.3 Å². The zero-order valence-corrected chi connectivity index (χ0v) is 18.1. The number of nitrogens with zero attached hydrogens (tertiary/aromatic N) is 2. The number of likely N-dealkylation sites (tertiary alicyclic amines) is 1. The molecule has 5 heteroatoms. The Hall–Kier alpha value is -2.56. The second-order valence-corrected chi connectivity index (χ2v) is 9.46. The van der Waals surface area contributed by atoms with Gasteiger partial charge in [0.15, 0.2) is 0 Å². The van der Waals surface area contributed by atoms with Gasteiger partial charge in [-0.15, -0.1) is 0 Å². The largest absolute Gasteiger partial charge is 0.353 e. The van der Waals surface area contributed by atoms with Crippen LogP contribution in [0.25, 0.3) is 22.3 Å². The van der Waals surface area contributed by atoms with Crippen LogP contribution in [-0.2, 0) is 12.8 Å². The van der Waals surface area contributed by atoms with Crippen LogP contribution in [-0.4, -0.2) is 39.1 Å². The van der Waals surface area contributed by atoms with E-state index in [1.165, 1.54) is 17.7 Å². The van der Waals surface area contributed by atoms with Gasteiger partial charge in [0.05, 0.1) is 5.69 Å². The average Bonchev–Trinajstić information content (AvgIpc) is 3.29. The van der Waals surface area contributed by atoms with E-state index in [4.69, 9.17) is 0 Å². The normalized spacial score (nSPS) is 15.2. The number of nitrogens with one attached hydrogen (secondary N) is 2. The zero-order valence-electron chi connectivity index (χ0n) is 18.1. The van der Waals surface area contributed by atoms with Crippen molar-refractivity contribution in [3.63, 3.8) is 0 Å². The lowest BCUT2D eigenvalue weighted by atomic mass is 9.88. The number of aromatic amines is 2. The minimum atomic E-state index is 0.149.